The average molecular weight is 485 g/mol. The first-order valence-electron chi connectivity index (χ1n) is 11.9. The van der Waals surface area contributed by atoms with Crippen LogP contribution in [0, 0.1) is 23.2 Å². The number of carbonyl (C=O) groups excluding carboxylic acids is 5. The number of rotatable bonds is 8. The van der Waals surface area contributed by atoms with Crippen LogP contribution in [0.5, 0.6) is 0 Å². The van der Waals surface area contributed by atoms with Gasteiger partial charge in [-0.25, -0.2) is 4.79 Å². The zero-order valence-electron chi connectivity index (χ0n) is 19.9. The Balaban J connectivity index is 1.39. The van der Waals surface area contributed by atoms with Crippen LogP contribution in [0.25, 0.3) is 0 Å². The van der Waals surface area contributed by atoms with Gasteiger partial charge in [0.25, 0.3) is 0 Å². The summed E-state index contributed by atoms with van der Waals surface area (Å²) in [6.07, 6.45) is 0.688. The molecule has 35 heavy (non-hydrogen) atoms. The van der Waals surface area contributed by atoms with Crippen LogP contribution in [-0.2, 0) is 19.2 Å². The van der Waals surface area contributed by atoms with E-state index in [0.29, 0.717) is 25.2 Å². The van der Waals surface area contributed by atoms with Gasteiger partial charge < -0.3 is 31.9 Å². The third-order valence-corrected chi connectivity index (χ3v) is 7.57. The lowest BCUT2D eigenvalue weighted by molar-refractivity contribution is -0.140. The highest BCUT2D eigenvalue weighted by molar-refractivity contribution is 5.96. The zero-order chi connectivity index (χ0) is 25.3. The first kappa shape index (κ1) is 24.5. The molecule has 3 aliphatic rings. The largest absolute Gasteiger partial charge is 0.368 e. The Labute approximate surface area is 203 Å². The van der Waals surface area contributed by atoms with Crippen molar-refractivity contribution in [2.75, 3.05) is 25.0 Å². The summed E-state index contributed by atoms with van der Waals surface area (Å²) in [5.74, 6) is -2.05. The third kappa shape index (κ3) is 5.08. The quantitative estimate of drug-likeness (QED) is 0.344. The summed E-state index contributed by atoms with van der Waals surface area (Å²) < 4.78 is 0. The van der Waals surface area contributed by atoms with Gasteiger partial charge in [-0.3, -0.25) is 19.2 Å². The summed E-state index contributed by atoms with van der Waals surface area (Å²) in [5, 5.41) is 10.6. The van der Waals surface area contributed by atoms with Crippen LogP contribution in [0.3, 0.4) is 0 Å². The molecule has 0 radical (unpaired) electrons. The van der Waals surface area contributed by atoms with Crippen LogP contribution < -0.4 is 27.0 Å². The number of piperidine rings is 1. The number of likely N-dealkylation sites (tertiary alicyclic amines) is 1. The lowest BCUT2D eigenvalue weighted by Gasteiger charge is -2.31. The Morgan fingerprint density at radius 3 is 2.54 bits per heavy atom. The van der Waals surface area contributed by atoms with E-state index >= 15 is 0 Å². The van der Waals surface area contributed by atoms with Crippen LogP contribution in [0.15, 0.2) is 30.3 Å². The normalized spacial score (nSPS) is 26.8. The highest BCUT2D eigenvalue weighted by atomic mass is 16.2. The first-order chi connectivity index (χ1) is 16.6. The second kappa shape index (κ2) is 9.55. The molecule has 0 aromatic heterocycles. The molecule has 11 heteroatoms. The number of nitrogens with one attached hydrogen (secondary N) is 4. The summed E-state index contributed by atoms with van der Waals surface area (Å²) in [4.78, 5) is 63.9. The standard InChI is InChI=1S/C24H32N6O5/c1-24(2)15-12-30(17(31)11-27-23(35)28-14-6-4-3-5-7-14)19(18(15)24)22(34)29-16(20(25)32)10-13-8-9-26-21(13)33/h3-7,13,15-16,18-19H,8-12H2,1-2H3,(H2,25,32)(H,26,33)(H,29,34)(H2,27,28,35)/t13-,15-,16?,18-,19-/m0/s1. The number of nitrogens with two attached hydrogens (primary N) is 1. The van der Waals surface area contributed by atoms with Crippen molar-refractivity contribution in [3.63, 3.8) is 0 Å². The average Bonchev–Trinajstić information content (AvgIpc) is 3.17. The second-order valence-electron chi connectivity index (χ2n) is 10.1. The van der Waals surface area contributed by atoms with Gasteiger partial charge in [0.1, 0.15) is 12.1 Å². The number of hydrogen-bond donors (Lipinski definition) is 5. The monoisotopic (exact) mass is 484 g/mol. The molecule has 188 valence electrons. The molecule has 1 aromatic rings. The lowest BCUT2D eigenvalue weighted by Crippen LogP contribution is -2.56. The van der Waals surface area contributed by atoms with E-state index in [4.69, 9.17) is 5.73 Å². The van der Waals surface area contributed by atoms with Crippen molar-refractivity contribution in [3.8, 4) is 0 Å². The number of para-hydroxylation sites is 1. The van der Waals surface area contributed by atoms with Crippen LogP contribution >= 0.6 is 0 Å². The predicted octanol–water partition coefficient (Wildman–Crippen LogP) is -0.213. The van der Waals surface area contributed by atoms with Crippen molar-refractivity contribution in [1.82, 2.24) is 20.9 Å². The molecule has 6 amide bonds. The number of carbonyl (C=O) groups is 5. The molecule has 2 saturated heterocycles. The molecule has 0 spiro atoms. The SMILES string of the molecule is CC1(C)[C@@H]2[C@@H](C(=O)NC(C[C@@H]3CCNC3=O)C(N)=O)N(C(=O)CNC(=O)Nc3ccccc3)C[C@@H]21. The minimum Gasteiger partial charge on any atom is -0.368 e. The summed E-state index contributed by atoms with van der Waals surface area (Å²) in [6.45, 7) is 4.73. The fourth-order valence-corrected chi connectivity index (χ4v) is 5.46. The molecule has 1 aliphatic carbocycles. The van der Waals surface area contributed by atoms with Gasteiger partial charge in [-0.05, 0) is 42.2 Å². The van der Waals surface area contributed by atoms with Gasteiger partial charge in [0.05, 0.1) is 6.54 Å². The molecule has 1 unspecified atom stereocenters. The minimum atomic E-state index is -1.01. The van der Waals surface area contributed by atoms with Gasteiger partial charge in [-0.15, -0.1) is 0 Å². The van der Waals surface area contributed by atoms with E-state index in [9.17, 15) is 24.0 Å². The summed E-state index contributed by atoms with van der Waals surface area (Å²) in [7, 11) is 0. The predicted molar refractivity (Wildman–Crippen MR) is 127 cm³/mol. The van der Waals surface area contributed by atoms with Crippen LogP contribution in [0.4, 0.5) is 10.5 Å². The summed E-state index contributed by atoms with van der Waals surface area (Å²) in [5.41, 5.74) is 5.99. The Kier molecular flexibility index (Phi) is 6.68. The number of amides is 6. The van der Waals surface area contributed by atoms with Crippen molar-refractivity contribution in [2.24, 2.45) is 28.9 Å². The third-order valence-electron chi connectivity index (χ3n) is 7.57. The number of urea groups is 1. The number of nitrogens with zero attached hydrogens (tertiary/aromatic N) is 1. The topological polar surface area (TPSA) is 163 Å². The molecule has 4 rings (SSSR count). The van der Waals surface area contributed by atoms with Crippen LogP contribution in [-0.4, -0.2) is 66.3 Å². The maximum atomic E-state index is 13.3. The molecule has 2 aliphatic heterocycles. The van der Waals surface area contributed by atoms with Crippen molar-refractivity contribution >= 4 is 35.3 Å². The summed E-state index contributed by atoms with van der Waals surface area (Å²) in [6, 6.07) is 6.51. The van der Waals surface area contributed by atoms with E-state index in [2.05, 4.69) is 21.3 Å². The Morgan fingerprint density at radius 1 is 1.20 bits per heavy atom. The van der Waals surface area contributed by atoms with Gasteiger partial charge in [-0.2, -0.15) is 0 Å². The fraction of sp³-hybridized carbons (Fsp3) is 0.542. The van der Waals surface area contributed by atoms with E-state index in [0.717, 1.165) is 0 Å². The smallest absolute Gasteiger partial charge is 0.319 e. The molecular weight excluding hydrogens is 452 g/mol. The maximum absolute atomic E-state index is 13.3. The molecule has 11 nitrogen and oxygen atoms in total. The molecule has 3 fully saturated rings. The van der Waals surface area contributed by atoms with Gasteiger partial charge in [0.2, 0.25) is 23.6 Å². The number of anilines is 1. The Hall–Kier alpha value is -3.63. The van der Waals surface area contributed by atoms with E-state index in [1.54, 1.807) is 24.3 Å². The van der Waals surface area contributed by atoms with Crippen LogP contribution in [0.1, 0.15) is 26.7 Å². The lowest BCUT2D eigenvalue weighted by atomic mass is 9.96. The highest BCUT2D eigenvalue weighted by Gasteiger charge is 2.69. The number of benzene rings is 1. The maximum Gasteiger partial charge on any atom is 0.319 e. The Morgan fingerprint density at radius 2 is 1.91 bits per heavy atom. The van der Waals surface area contributed by atoms with Gasteiger partial charge >= 0.3 is 6.03 Å². The first-order valence-corrected chi connectivity index (χ1v) is 11.9. The molecule has 6 N–H and O–H groups in total. The molecule has 2 heterocycles. The van der Waals surface area contributed by atoms with E-state index in [1.165, 1.54) is 4.90 Å². The highest BCUT2D eigenvalue weighted by Crippen LogP contribution is 2.64. The molecule has 5 atom stereocenters. The minimum absolute atomic E-state index is 0.0621. The zero-order valence-corrected chi connectivity index (χ0v) is 19.9. The van der Waals surface area contributed by atoms with Gasteiger partial charge in [-0.1, -0.05) is 32.0 Å². The van der Waals surface area contributed by atoms with Crippen LogP contribution in [0.2, 0.25) is 0 Å². The Bertz CT molecular complexity index is 1030. The number of hydrogen-bond acceptors (Lipinski definition) is 5. The number of primary amides is 1. The van der Waals surface area contributed by atoms with E-state index in [1.807, 2.05) is 19.9 Å². The van der Waals surface area contributed by atoms with E-state index < -0.39 is 35.8 Å². The van der Waals surface area contributed by atoms with Gasteiger partial charge in [0.15, 0.2) is 0 Å². The molecular formula is C24H32N6O5. The van der Waals surface area contributed by atoms with Crippen molar-refractivity contribution in [2.45, 2.75) is 38.8 Å². The molecule has 1 aromatic carbocycles. The van der Waals surface area contributed by atoms with Crippen molar-refractivity contribution in [1.29, 1.82) is 0 Å². The van der Waals surface area contributed by atoms with Gasteiger partial charge in [0, 0.05) is 24.7 Å². The fourth-order valence-electron chi connectivity index (χ4n) is 5.46. The second-order valence-corrected chi connectivity index (χ2v) is 10.1. The molecule has 1 saturated carbocycles. The number of fused-ring (bicyclic) bond motifs is 1. The van der Waals surface area contributed by atoms with E-state index in [-0.39, 0.29) is 42.0 Å². The van der Waals surface area contributed by atoms with Crippen molar-refractivity contribution < 1.29 is 24.0 Å². The summed E-state index contributed by atoms with van der Waals surface area (Å²) >= 11 is 0. The van der Waals surface area contributed by atoms with Crippen molar-refractivity contribution in [3.05, 3.63) is 30.3 Å². The molecule has 0 bridgehead atoms.